The lowest BCUT2D eigenvalue weighted by Gasteiger charge is -2.31. The molecular formula is C14H28O2Si. The van der Waals surface area contributed by atoms with Gasteiger partial charge in [-0.25, -0.2) is 0 Å². The van der Waals surface area contributed by atoms with Gasteiger partial charge in [-0.2, -0.15) is 0 Å². The van der Waals surface area contributed by atoms with Crippen molar-refractivity contribution >= 4 is 8.32 Å². The monoisotopic (exact) mass is 256 g/mol. The second-order valence-corrected chi connectivity index (χ2v) is 11.3. The van der Waals surface area contributed by atoms with Crippen molar-refractivity contribution in [2.24, 2.45) is 0 Å². The molecule has 0 aromatic carbocycles. The van der Waals surface area contributed by atoms with Crippen molar-refractivity contribution in [3.63, 3.8) is 0 Å². The summed E-state index contributed by atoms with van der Waals surface area (Å²) in [6, 6.07) is 0. The number of rotatable bonds is 3. The van der Waals surface area contributed by atoms with Crippen molar-refractivity contribution in [1.82, 2.24) is 0 Å². The summed E-state index contributed by atoms with van der Waals surface area (Å²) in [7, 11) is -1.59. The fourth-order valence-electron chi connectivity index (χ4n) is 1.90. The molecule has 0 aromatic heterocycles. The predicted octanol–water partition coefficient (Wildman–Crippen LogP) is 4.83. The summed E-state index contributed by atoms with van der Waals surface area (Å²) in [5.41, 5.74) is 1.23. The van der Waals surface area contributed by atoms with E-state index in [-0.39, 0.29) is 5.60 Å². The Kier molecular flexibility index (Phi) is 4.70. The van der Waals surface area contributed by atoms with Gasteiger partial charge >= 0.3 is 0 Å². The molecule has 0 radical (unpaired) electrons. The molecule has 0 spiro atoms. The third kappa shape index (κ3) is 6.15. The van der Waals surface area contributed by atoms with Gasteiger partial charge in [0.25, 0.3) is 5.95 Å². The molecule has 0 saturated heterocycles. The first-order valence-corrected chi connectivity index (χ1v) is 10.2. The highest BCUT2D eigenvalue weighted by Crippen LogP contribution is 2.30. The minimum absolute atomic E-state index is 0.167. The van der Waals surface area contributed by atoms with Gasteiger partial charge in [0.1, 0.15) is 5.60 Å². The van der Waals surface area contributed by atoms with Gasteiger partial charge in [0.05, 0.1) is 0 Å². The quantitative estimate of drug-likeness (QED) is 0.532. The molecule has 1 fully saturated rings. The lowest BCUT2D eigenvalue weighted by atomic mass is 9.95. The summed E-state index contributed by atoms with van der Waals surface area (Å²) >= 11 is 0. The molecular weight excluding hydrogens is 228 g/mol. The van der Waals surface area contributed by atoms with E-state index in [9.17, 15) is 0 Å². The van der Waals surface area contributed by atoms with Crippen LogP contribution < -0.4 is 0 Å². The van der Waals surface area contributed by atoms with Crippen molar-refractivity contribution in [2.45, 2.75) is 78.1 Å². The fourth-order valence-corrected chi connectivity index (χ4v) is 2.65. The van der Waals surface area contributed by atoms with Gasteiger partial charge in [-0.1, -0.05) is 6.42 Å². The van der Waals surface area contributed by atoms with E-state index in [0.29, 0.717) is 0 Å². The number of allylic oxidation sites excluding steroid dienone is 1. The van der Waals surface area contributed by atoms with Crippen LogP contribution in [0, 0.1) is 0 Å². The number of hydrogen-bond acceptors (Lipinski definition) is 2. The highest BCUT2D eigenvalue weighted by atomic mass is 28.4. The molecule has 0 unspecified atom stereocenters. The molecule has 0 N–H and O–H groups in total. The van der Waals surface area contributed by atoms with Gasteiger partial charge in [0.15, 0.2) is 0 Å². The first-order chi connectivity index (χ1) is 7.67. The van der Waals surface area contributed by atoms with Crippen LogP contribution in [-0.4, -0.2) is 13.9 Å². The van der Waals surface area contributed by atoms with E-state index < -0.39 is 8.32 Å². The van der Waals surface area contributed by atoms with Crippen LogP contribution in [0.4, 0.5) is 0 Å². The lowest BCUT2D eigenvalue weighted by Crippen LogP contribution is -2.30. The topological polar surface area (TPSA) is 18.5 Å². The van der Waals surface area contributed by atoms with E-state index in [1.165, 1.54) is 24.8 Å². The maximum Gasteiger partial charge on any atom is 0.264 e. The highest BCUT2D eigenvalue weighted by molar-refractivity contribution is 6.70. The Morgan fingerprint density at radius 2 is 1.53 bits per heavy atom. The minimum Gasteiger partial charge on any atom is -0.520 e. The molecule has 1 saturated carbocycles. The summed E-state index contributed by atoms with van der Waals surface area (Å²) in [5, 5.41) is 0. The third-order valence-electron chi connectivity index (χ3n) is 2.54. The second kappa shape index (κ2) is 5.47. The van der Waals surface area contributed by atoms with E-state index in [0.717, 1.165) is 18.8 Å². The van der Waals surface area contributed by atoms with Crippen LogP contribution in [0.25, 0.3) is 0 Å². The molecule has 17 heavy (non-hydrogen) atoms. The van der Waals surface area contributed by atoms with Crippen molar-refractivity contribution in [2.75, 3.05) is 0 Å². The summed E-state index contributed by atoms with van der Waals surface area (Å²) < 4.78 is 12.2. The van der Waals surface area contributed by atoms with E-state index in [1.54, 1.807) is 0 Å². The average Bonchev–Trinajstić information content (AvgIpc) is 2.14. The van der Waals surface area contributed by atoms with Crippen LogP contribution in [0.1, 0.15) is 52.9 Å². The van der Waals surface area contributed by atoms with Crippen LogP contribution in [0.3, 0.4) is 0 Å². The molecule has 100 valence electrons. The fraction of sp³-hybridized carbons (Fsp3) is 0.857. The molecule has 1 rings (SSSR count). The smallest absolute Gasteiger partial charge is 0.264 e. The molecule has 0 bridgehead atoms. The van der Waals surface area contributed by atoms with Crippen molar-refractivity contribution in [1.29, 1.82) is 0 Å². The highest BCUT2D eigenvalue weighted by Gasteiger charge is 2.25. The zero-order valence-corrected chi connectivity index (χ0v) is 13.4. The van der Waals surface area contributed by atoms with Crippen LogP contribution in [0.15, 0.2) is 11.5 Å². The third-order valence-corrected chi connectivity index (χ3v) is 3.34. The maximum absolute atomic E-state index is 6.15. The van der Waals surface area contributed by atoms with E-state index in [4.69, 9.17) is 9.16 Å². The molecule has 1 aliphatic carbocycles. The van der Waals surface area contributed by atoms with Gasteiger partial charge in [-0.05, 0) is 66.1 Å². The first kappa shape index (κ1) is 14.6. The van der Waals surface area contributed by atoms with Crippen molar-refractivity contribution < 1.29 is 9.16 Å². The molecule has 2 nitrogen and oxygen atoms in total. The largest absolute Gasteiger partial charge is 0.520 e. The van der Waals surface area contributed by atoms with Crippen LogP contribution in [0.2, 0.25) is 19.6 Å². The Morgan fingerprint density at radius 1 is 1.00 bits per heavy atom. The lowest BCUT2D eigenvalue weighted by molar-refractivity contribution is -0.0126. The average molecular weight is 256 g/mol. The van der Waals surface area contributed by atoms with Crippen LogP contribution >= 0.6 is 0 Å². The van der Waals surface area contributed by atoms with Crippen LogP contribution in [0.5, 0.6) is 0 Å². The van der Waals surface area contributed by atoms with Crippen molar-refractivity contribution in [3.05, 3.63) is 11.5 Å². The first-order valence-electron chi connectivity index (χ1n) is 6.77. The zero-order chi connectivity index (χ0) is 13.1. The maximum atomic E-state index is 6.15. The molecule has 1 aliphatic rings. The second-order valence-electron chi connectivity index (χ2n) is 6.88. The number of hydrogen-bond donors (Lipinski definition) is 0. The summed E-state index contributed by atoms with van der Waals surface area (Å²) in [6.45, 7) is 12.9. The van der Waals surface area contributed by atoms with Gasteiger partial charge in [-0.3, -0.25) is 0 Å². The van der Waals surface area contributed by atoms with Gasteiger partial charge in [0.2, 0.25) is 8.32 Å². The van der Waals surface area contributed by atoms with E-state index in [2.05, 4.69) is 40.4 Å². The Morgan fingerprint density at radius 3 is 1.94 bits per heavy atom. The van der Waals surface area contributed by atoms with E-state index in [1.807, 2.05) is 0 Å². The standard InChI is InChI=1S/C14H28O2Si/c1-14(2,3)15-13(16-17(4,5)6)12-10-8-7-9-11-12/h7-11H2,1-6H3. The van der Waals surface area contributed by atoms with E-state index >= 15 is 0 Å². The van der Waals surface area contributed by atoms with Gasteiger partial charge < -0.3 is 9.16 Å². The summed E-state index contributed by atoms with van der Waals surface area (Å²) in [5.74, 6) is 0.844. The normalized spacial score (nSPS) is 17.9. The number of ether oxygens (including phenoxy) is 1. The molecule has 0 heterocycles. The Balaban J connectivity index is 2.84. The Bertz CT molecular complexity index is 256. The molecule has 0 amide bonds. The Hall–Kier alpha value is -0.443. The molecule has 0 atom stereocenters. The summed E-state index contributed by atoms with van der Waals surface area (Å²) in [4.78, 5) is 0. The SMILES string of the molecule is CC(C)(C)OC(O[Si](C)(C)C)=C1CCCCC1. The van der Waals surface area contributed by atoms with Gasteiger partial charge in [0, 0.05) is 5.57 Å². The molecule has 0 aromatic rings. The minimum atomic E-state index is -1.59. The molecule has 0 aliphatic heterocycles. The van der Waals surface area contributed by atoms with Crippen molar-refractivity contribution in [3.8, 4) is 0 Å². The molecule has 3 heteroatoms. The Labute approximate surface area is 108 Å². The van der Waals surface area contributed by atoms with Gasteiger partial charge in [-0.15, -0.1) is 0 Å². The zero-order valence-electron chi connectivity index (χ0n) is 12.4. The predicted molar refractivity (Wildman–Crippen MR) is 75.4 cm³/mol. The van der Waals surface area contributed by atoms with Crippen LogP contribution in [-0.2, 0) is 9.16 Å². The summed E-state index contributed by atoms with van der Waals surface area (Å²) in [6.07, 6.45) is 6.20.